The zero-order chi connectivity index (χ0) is 23.6. The highest BCUT2D eigenvalue weighted by Gasteiger charge is 2.26. The molecule has 178 valence electrons. The molecule has 4 nitrogen and oxygen atoms in total. The van der Waals surface area contributed by atoms with Gasteiger partial charge in [0, 0.05) is 32.0 Å². The minimum Gasteiger partial charge on any atom is -0.479 e. The van der Waals surface area contributed by atoms with E-state index >= 15 is 0 Å². The Morgan fingerprint density at radius 1 is 1.06 bits per heavy atom. The summed E-state index contributed by atoms with van der Waals surface area (Å²) in [4.78, 5) is 14.8. The second-order valence-corrected chi connectivity index (χ2v) is 9.46. The number of ether oxygens (including phenoxy) is 1. The molecule has 2 atom stereocenters. The molecule has 0 spiro atoms. The summed E-state index contributed by atoms with van der Waals surface area (Å²) in [6.07, 6.45) is 7.87. The van der Waals surface area contributed by atoms with Crippen LogP contribution < -0.4 is 0 Å². The normalized spacial score (nSPS) is 16.2. The summed E-state index contributed by atoms with van der Waals surface area (Å²) in [6, 6.07) is 19.4. The average Bonchev–Trinajstić information content (AvgIpc) is 2.85. The van der Waals surface area contributed by atoms with Crippen molar-refractivity contribution in [2.45, 2.75) is 76.4 Å². The number of nitrogens with zero attached hydrogens (tertiary/aromatic N) is 1. The van der Waals surface area contributed by atoms with E-state index in [2.05, 4.69) is 54.4 Å². The molecule has 2 unspecified atom stereocenters. The summed E-state index contributed by atoms with van der Waals surface area (Å²) < 4.78 is 5.35. The van der Waals surface area contributed by atoms with Gasteiger partial charge < -0.3 is 14.7 Å². The Kier molecular flexibility index (Phi) is 9.89. The lowest BCUT2D eigenvalue weighted by Gasteiger charge is -2.36. The van der Waals surface area contributed by atoms with Gasteiger partial charge in [-0.2, -0.15) is 0 Å². The summed E-state index contributed by atoms with van der Waals surface area (Å²) >= 11 is 6.05. The second kappa shape index (κ2) is 12.9. The molecule has 1 fully saturated rings. The summed E-state index contributed by atoms with van der Waals surface area (Å²) in [6.45, 7) is 2.21. The molecule has 0 aliphatic heterocycles. The van der Waals surface area contributed by atoms with Gasteiger partial charge in [0.05, 0.1) is 4.99 Å². The van der Waals surface area contributed by atoms with Crippen LogP contribution in [0.25, 0.3) is 0 Å². The van der Waals surface area contributed by atoms with Crippen molar-refractivity contribution < 1.29 is 14.6 Å². The van der Waals surface area contributed by atoms with Crippen molar-refractivity contribution in [1.29, 1.82) is 0 Å². The van der Waals surface area contributed by atoms with Gasteiger partial charge in [-0.05, 0) is 49.3 Å². The van der Waals surface area contributed by atoms with Crippen molar-refractivity contribution in [2.75, 3.05) is 13.7 Å². The molecule has 5 heteroatoms. The van der Waals surface area contributed by atoms with E-state index in [9.17, 15) is 9.90 Å². The molecular formula is C28H37NO3S. The number of hydrogen-bond donors (Lipinski definition) is 1. The third-order valence-electron chi connectivity index (χ3n) is 6.78. The number of benzene rings is 2. The maximum Gasteiger partial charge on any atom is 0.333 e. The molecule has 1 aliphatic carbocycles. The molecule has 0 bridgehead atoms. The highest BCUT2D eigenvalue weighted by Crippen LogP contribution is 2.29. The second-order valence-electron chi connectivity index (χ2n) is 9.05. The summed E-state index contributed by atoms with van der Waals surface area (Å²) in [5, 5.41) is 9.32. The third-order valence-corrected chi connectivity index (χ3v) is 7.35. The number of thiocarbonyl (C=S) groups is 1. The van der Waals surface area contributed by atoms with Crippen molar-refractivity contribution in [3.63, 3.8) is 0 Å². The van der Waals surface area contributed by atoms with Crippen LogP contribution in [0.3, 0.4) is 0 Å². The Morgan fingerprint density at radius 3 is 2.30 bits per heavy atom. The van der Waals surface area contributed by atoms with Gasteiger partial charge in [-0.3, -0.25) is 0 Å². The molecule has 1 saturated carbocycles. The molecule has 2 aromatic rings. The van der Waals surface area contributed by atoms with Crippen LogP contribution in [0.15, 0.2) is 54.6 Å². The fourth-order valence-corrected chi connectivity index (χ4v) is 5.20. The minimum absolute atomic E-state index is 0.210. The van der Waals surface area contributed by atoms with E-state index in [1.165, 1.54) is 43.2 Å². The monoisotopic (exact) mass is 467 g/mol. The number of hydrogen-bond acceptors (Lipinski definition) is 3. The maximum absolute atomic E-state index is 11.4. The number of carboxylic acid groups (broad SMARTS) is 1. The molecule has 0 heterocycles. The highest BCUT2D eigenvalue weighted by atomic mass is 32.1. The first kappa shape index (κ1) is 25.4. The fourth-order valence-electron chi connectivity index (χ4n) is 4.80. The van der Waals surface area contributed by atoms with Crippen molar-refractivity contribution in [3.8, 4) is 0 Å². The number of carbonyl (C=O) groups is 1. The average molecular weight is 468 g/mol. The fraction of sp³-hybridized carbons (Fsp3) is 0.500. The third kappa shape index (κ3) is 7.38. The molecule has 2 aromatic carbocycles. The van der Waals surface area contributed by atoms with Crippen molar-refractivity contribution in [2.24, 2.45) is 0 Å². The zero-order valence-corrected chi connectivity index (χ0v) is 20.7. The number of aliphatic carboxylic acids is 1. The maximum atomic E-state index is 11.4. The summed E-state index contributed by atoms with van der Waals surface area (Å²) in [5.41, 5.74) is 3.50. The first-order valence-corrected chi connectivity index (χ1v) is 12.6. The lowest BCUT2D eigenvalue weighted by Crippen LogP contribution is -2.40. The Labute approximate surface area is 204 Å². The summed E-state index contributed by atoms with van der Waals surface area (Å²) in [5.74, 6) is -0.704. The Morgan fingerprint density at radius 2 is 1.70 bits per heavy atom. The molecule has 0 radical (unpaired) electrons. The molecule has 3 rings (SSSR count). The smallest absolute Gasteiger partial charge is 0.333 e. The Hall–Kier alpha value is -2.24. The van der Waals surface area contributed by atoms with Crippen LogP contribution in [0.5, 0.6) is 0 Å². The molecule has 0 aromatic heterocycles. The van der Waals surface area contributed by atoms with Crippen LogP contribution in [0.2, 0.25) is 0 Å². The summed E-state index contributed by atoms with van der Waals surface area (Å²) in [7, 11) is 2.18. The van der Waals surface area contributed by atoms with Crippen molar-refractivity contribution in [3.05, 3.63) is 71.3 Å². The van der Waals surface area contributed by atoms with E-state index in [0.717, 1.165) is 23.4 Å². The Balaban J connectivity index is 1.67. The number of likely N-dealkylation sites (N-methyl/N-ethyl adjacent to an activating group) is 1. The Bertz CT molecular complexity index is 878. The first-order chi connectivity index (χ1) is 16.0. The quantitative estimate of drug-likeness (QED) is 0.409. The van der Waals surface area contributed by atoms with E-state index in [4.69, 9.17) is 17.0 Å². The first-order valence-electron chi connectivity index (χ1n) is 12.2. The van der Waals surface area contributed by atoms with Crippen LogP contribution in [0.1, 0.15) is 68.1 Å². The number of rotatable bonds is 11. The lowest BCUT2D eigenvalue weighted by atomic mass is 9.89. The highest BCUT2D eigenvalue weighted by molar-refractivity contribution is 7.80. The number of aryl methyl sites for hydroxylation is 1. The van der Waals surface area contributed by atoms with E-state index in [1.807, 2.05) is 19.1 Å². The predicted octanol–water partition coefficient (Wildman–Crippen LogP) is 6.03. The minimum atomic E-state index is -0.915. The van der Waals surface area contributed by atoms with Crippen molar-refractivity contribution in [1.82, 2.24) is 4.90 Å². The van der Waals surface area contributed by atoms with Gasteiger partial charge in [0.1, 0.15) is 0 Å². The number of carboxylic acids is 1. The van der Waals surface area contributed by atoms with E-state index in [0.29, 0.717) is 19.1 Å². The predicted molar refractivity (Wildman–Crippen MR) is 138 cm³/mol. The van der Waals surface area contributed by atoms with Crippen LogP contribution in [0.4, 0.5) is 0 Å². The topological polar surface area (TPSA) is 49.8 Å². The standard InChI is InChI=1S/C28H37NO3S/c1-3-32-26(28(30)31)20-22-16-14-21(15-17-22)18-19-25(23-10-6-4-7-11-23)27(33)29(2)24-12-8-5-9-13-24/h4,6-7,10-11,14-17,24-26H,3,5,8-9,12-13,18-20H2,1-2H3,(H,30,31). The molecule has 1 aliphatic rings. The van der Waals surface area contributed by atoms with Crippen LogP contribution in [0, 0.1) is 0 Å². The molecular weight excluding hydrogens is 430 g/mol. The lowest BCUT2D eigenvalue weighted by molar-refractivity contribution is -0.149. The van der Waals surface area contributed by atoms with E-state index in [1.54, 1.807) is 0 Å². The van der Waals surface area contributed by atoms with Gasteiger partial charge in [0.15, 0.2) is 6.10 Å². The SMILES string of the molecule is CCOC(Cc1ccc(CCC(C(=S)N(C)C2CCCCC2)c2ccccc2)cc1)C(=O)O. The van der Waals surface area contributed by atoms with Crippen LogP contribution in [-0.4, -0.2) is 46.8 Å². The van der Waals surface area contributed by atoms with E-state index < -0.39 is 12.1 Å². The van der Waals surface area contributed by atoms with E-state index in [-0.39, 0.29) is 5.92 Å². The van der Waals surface area contributed by atoms with Gasteiger partial charge in [-0.1, -0.05) is 86.1 Å². The largest absolute Gasteiger partial charge is 0.479 e. The van der Waals surface area contributed by atoms with Gasteiger partial charge in [0.25, 0.3) is 0 Å². The molecule has 0 saturated heterocycles. The molecule has 33 heavy (non-hydrogen) atoms. The van der Waals surface area contributed by atoms with Crippen molar-refractivity contribution >= 4 is 23.2 Å². The van der Waals surface area contributed by atoms with Gasteiger partial charge in [-0.25, -0.2) is 4.79 Å². The van der Waals surface area contributed by atoms with Crippen LogP contribution >= 0.6 is 12.2 Å². The molecule has 0 amide bonds. The van der Waals surface area contributed by atoms with Gasteiger partial charge in [-0.15, -0.1) is 0 Å². The molecule has 1 N–H and O–H groups in total. The van der Waals surface area contributed by atoms with Gasteiger partial charge in [0.2, 0.25) is 0 Å². The zero-order valence-electron chi connectivity index (χ0n) is 19.9. The van der Waals surface area contributed by atoms with Gasteiger partial charge >= 0.3 is 5.97 Å². The van der Waals surface area contributed by atoms with Crippen LogP contribution in [-0.2, 0) is 22.4 Å².